The summed E-state index contributed by atoms with van der Waals surface area (Å²) in [5.41, 5.74) is 1.41. The molecule has 0 aliphatic rings. The number of carbonyl (C=O) groups is 1. The molecule has 0 amide bonds. The van der Waals surface area contributed by atoms with E-state index in [-0.39, 0.29) is 28.4 Å². The Bertz CT molecular complexity index is 1430. The van der Waals surface area contributed by atoms with Crippen molar-refractivity contribution in [1.82, 2.24) is 23.7 Å². The monoisotopic (exact) mass is 491 g/mol. The highest BCUT2D eigenvalue weighted by Crippen LogP contribution is 2.26. The average Bonchev–Trinajstić information content (AvgIpc) is 3.33. The van der Waals surface area contributed by atoms with Gasteiger partial charge in [-0.25, -0.2) is 0 Å². The number of hydrogen-bond acceptors (Lipinski definition) is 5. The molecule has 0 saturated heterocycles. The van der Waals surface area contributed by atoms with E-state index < -0.39 is 12.7 Å². The molecule has 0 spiro atoms. The minimum atomic E-state index is -4.38. The number of carbonyl (C=O) groups excluding carboxylic acids is 1. The van der Waals surface area contributed by atoms with Crippen molar-refractivity contribution in [3.63, 3.8) is 0 Å². The summed E-state index contributed by atoms with van der Waals surface area (Å²) in [5, 5.41) is 9.41. The van der Waals surface area contributed by atoms with E-state index in [0.717, 1.165) is 29.2 Å². The van der Waals surface area contributed by atoms with Gasteiger partial charge >= 0.3 is 6.18 Å². The number of ketones is 1. The van der Waals surface area contributed by atoms with E-state index in [9.17, 15) is 22.8 Å². The highest BCUT2D eigenvalue weighted by atomic mass is 32.2. The molecule has 1 aromatic carbocycles. The van der Waals surface area contributed by atoms with Crippen LogP contribution in [-0.2, 0) is 13.1 Å². The van der Waals surface area contributed by atoms with Crippen LogP contribution in [0, 0.1) is 13.8 Å². The third-order valence-electron chi connectivity index (χ3n) is 5.76. The zero-order chi connectivity index (χ0) is 24.6. The molecule has 0 unspecified atom stereocenters. The van der Waals surface area contributed by atoms with Crippen molar-refractivity contribution in [2.24, 2.45) is 0 Å². The lowest BCUT2D eigenvalue weighted by molar-refractivity contribution is -0.141. The van der Waals surface area contributed by atoms with Crippen LogP contribution in [0.25, 0.3) is 16.7 Å². The second-order valence-electron chi connectivity index (χ2n) is 8.14. The minimum absolute atomic E-state index is 0.0283. The third kappa shape index (κ3) is 4.48. The molecular formula is C23H24F3N5O2S. The van der Waals surface area contributed by atoms with Gasteiger partial charge in [-0.2, -0.15) is 13.2 Å². The lowest BCUT2D eigenvalue weighted by atomic mass is 10.2. The zero-order valence-corrected chi connectivity index (χ0v) is 19.8. The van der Waals surface area contributed by atoms with Crippen LogP contribution in [0.5, 0.6) is 0 Å². The van der Waals surface area contributed by atoms with Crippen molar-refractivity contribution < 1.29 is 18.0 Å². The van der Waals surface area contributed by atoms with Gasteiger partial charge in [0, 0.05) is 23.5 Å². The van der Waals surface area contributed by atoms with Crippen LogP contribution >= 0.6 is 11.8 Å². The summed E-state index contributed by atoms with van der Waals surface area (Å²) in [4.78, 5) is 25.9. The molecule has 4 aromatic rings. The number of Topliss-reactive ketones (excluding diaryl/α,β-unsaturated/α-hetero) is 1. The Morgan fingerprint density at radius 3 is 2.56 bits per heavy atom. The number of para-hydroxylation sites is 1. The smallest absolute Gasteiger partial charge is 0.339 e. The van der Waals surface area contributed by atoms with Crippen molar-refractivity contribution in [3.05, 3.63) is 57.6 Å². The van der Waals surface area contributed by atoms with E-state index in [1.165, 1.54) is 13.0 Å². The SMILES string of the molecule is CCCCn1c(=O)c2ccccc2n2c(SCC(=O)c3cc(C)n(CC(F)(F)F)c3C)nnc12. The first-order valence-corrected chi connectivity index (χ1v) is 11.9. The van der Waals surface area contributed by atoms with E-state index in [2.05, 4.69) is 10.2 Å². The van der Waals surface area contributed by atoms with Crippen LogP contribution in [0.2, 0.25) is 0 Å². The molecule has 0 bridgehead atoms. The topological polar surface area (TPSA) is 74.2 Å². The third-order valence-corrected chi connectivity index (χ3v) is 6.69. The van der Waals surface area contributed by atoms with Gasteiger partial charge in [-0.15, -0.1) is 10.2 Å². The van der Waals surface area contributed by atoms with Gasteiger partial charge in [-0.05, 0) is 38.5 Å². The van der Waals surface area contributed by atoms with Crippen molar-refractivity contribution >= 4 is 34.2 Å². The van der Waals surface area contributed by atoms with Gasteiger partial charge in [0.1, 0.15) is 6.54 Å². The maximum atomic E-state index is 13.0. The van der Waals surface area contributed by atoms with Crippen LogP contribution in [0.1, 0.15) is 41.5 Å². The number of alkyl halides is 3. The summed E-state index contributed by atoms with van der Waals surface area (Å²) in [7, 11) is 0. The number of halogens is 3. The van der Waals surface area contributed by atoms with Crippen molar-refractivity contribution in [3.8, 4) is 0 Å². The maximum absolute atomic E-state index is 13.0. The molecule has 0 aliphatic heterocycles. The lowest BCUT2D eigenvalue weighted by Crippen LogP contribution is -2.23. The maximum Gasteiger partial charge on any atom is 0.406 e. The van der Waals surface area contributed by atoms with Gasteiger partial charge in [0.05, 0.1) is 16.7 Å². The second-order valence-corrected chi connectivity index (χ2v) is 9.09. The van der Waals surface area contributed by atoms with Crippen LogP contribution in [0.15, 0.2) is 40.3 Å². The van der Waals surface area contributed by atoms with Crippen LogP contribution in [0.3, 0.4) is 0 Å². The molecule has 0 radical (unpaired) electrons. The first-order valence-electron chi connectivity index (χ1n) is 10.9. The fourth-order valence-corrected chi connectivity index (χ4v) is 4.88. The number of benzene rings is 1. The predicted molar refractivity (Wildman–Crippen MR) is 125 cm³/mol. The molecule has 0 atom stereocenters. The molecule has 0 N–H and O–H groups in total. The minimum Gasteiger partial charge on any atom is -0.339 e. The van der Waals surface area contributed by atoms with Gasteiger partial charge in [-0.1, -0.05) is 37.2 Å². The van der Waals surface area contributed by atoms with Gasteiger partial charge in [0.15, 0.2) is 10.9 Å². The summed E-state index contributed by atoms with van der Waals surface area (Å²) in [6.45, 7) is 4.46. The summed E-state index contributed by atoms with van der Waals surface area (Å²) < 4.78 is 43.2. The van der Waals surface area contributed by atoms with Crippen LogP contribution in [0.4, 0.5) is 13.2 Å². The number of aryl methyl sites for hydroxylation is 2. The Labute approximate surface area is 197 Å². The fraction of sp³-hybridized carbons (Fsp3) is 0.391. The quantitative estimate of drug-likeness (QED) is 0.262. The Balaban J connectivity index is 1.68. The van der Waals surface area contributed by atoms with Gasteiger partial charge in [0.2, 0.25) is 5.78 Å². The Kier molecular flexibility index (Phi) is 6.57. The first kappa shape index (κ1) is 24.1. The van der Waals surface area contributed by atoms with Crippen molar-refractivity contribution in [2.45, 2.75) is 58.0 Å². The number of unbranched alkanes of at least 4 members (excludes halogenated alkanes) is 1. The molecular weight excluding hydrogens is 467 g/mol. The molecule has 3 heterocycles. The molecule has 7 nitrogen and oxygen atoms in total. The van der Waals surface area contributed by atoms with Gasteiger partial charge < -0.3 is 4.57 Å². The summed E-state index contributed by atoms with van der Waals surface area (Å²) in [5.74, 6) is 0.0711. The molecule has 3 aromatic heterocycles. The van der Waals surface area contributed by atoms with Crippen LogP contribution < -0.4 is 5.56 Å². The number of hydrogen-bond donors (Lipinski definition) is 0. The summed E-state index contributed by atoms with van der Waals surface area (Å²) in [6, 6.07) is 8.64. The Morgan fingerprint density at radius 1 is 1.12 bits per heavy atom. The summed E-state index contributed by atoms with van der Waals surface area (Å²) >= 11 is 1.14. The highest BCUT2D eigenvalue weighted by Gasteiger charge is 2.30. The zero-order valence-electron chi connectivity index (χ0n) is 19.0. The van der Waals surface area contributed by atoms with E-state index in [1.54, 1.807) is 34.1 Å². The number of rotatable bonds is 8. The summed E-state index contributed by atoms with van der Waals surface area (Å²) in [6.07, 6.45) is -2.67. The number of fused-ring (bicyclic) bond motifs is 3. The molecule has 34 heavy (non-hydrogen) atoms. The van der Waals surface area contributed by atoms with Gasteiger partial charge in [-0.3, -0.25) is 18.6 Å². The molecule has 0 aliphatic carbocycles. The average molecular weight is 492 g/mol. The predicted octanol–water partition coefficient (Wildman–Crippen LogP) is 4.80. The van der Waals surface area contributed by atoms with E-state index >= 15 is 0 Å². The standard InChI is InChI=1S/C23H24F3N5O2S/c1-4-5-10-29-20(33)16-8-6-7-9-18(16)31-21(29)27-28-22(31)34-12-19(32)17-11-14(2)30(15(17)3)13-23(24,25)26/h6-9,11H,4-5,10,12-13H2,1-3H3. The molecule has 0 fully saturated rings. The lowest BCUT2D eigenvalue weighted by Gasteiger charge is -2.12. The molecule has 180 valence electrons. The van der Waals surface area contributed by atoms with Crippen molar-refractivity contribution in [1.29, 1.82) is 0 Å². The normalized spacial score (nSPS) is 12.2. The molecule has 11 heteroatoms. The number of thioether (sulfide) groups is 1. The van der Waals surface area contributed by atoms with E-state index in [0.29, 0.717) is 34.1 Å². The van der Waals surface area contributed by atoms with Crippen molar-refractivity contribution in [2.75, 3.05) is 5.75 Å². The largest absolute Gasteiger partial charge is 0.406 e. The van der Waals surface area contributed by atoms with Crippen LogP contribution in [-0.4, -0.2) is 41.4 Å². The second kappa shape index (κ2) is 9.28. The Morgan fingerprint density at radius 2 is 1.85 bits per heavy atom. The number of nitrogens with zero attached hydrogens (tertiary/aromatic N) is 5. The Hall–Kier alpha value is -3.08. The first-order chi connectivity index (χ1) is 16.1. The van der Waals surface area contributed by atoms with E-state index in [1.807, 2.05) is 13.0 Å². The highest BCUT2D eigenvalue weighted by molar-refractivity contribution is 7.99. The van der Waals surface area contributed by atoms with E-state index in [4.69, 9.17) is 0 Å². The number of aromatic nitrogens is 5. The fourth-order valence-electron chi connectivity index (χ4n) is 4.06. The van der Waals surface area contributed by atoms with Gasteiger partial charge in [0.25, 0.3) is 5.56 Å². The molecule has 4 rings (SSSR count). The molecule has 0 saturated carbocycles.